The lowest BCUT2D eigenvalue weighted by Gasteiger charge is -2.36. The van der Waals surface area contributed by atoms with Crippen molar-refractivity contribution in [2.24, 2.45) is 0 Å². The average molecular weight is 326 g/mol. The largest absolute Gasteiger partial charge is 0.465 e. The number of para-hydroxylation sites is 1. The van der Waals surface area contributed by atoms with Crippen molar-refractivity contribution >= 4 is 17.6 Å². The standard InChI is InChI=1S/C18H18N2O4/c1-10-13(18(22)23-2)9-15(24-10)16-19-14-6-4-3-5-12(14)17(21)20(16)11-7-8-11/h3-6,9,11,16,19H,7-8H2,1-2H3/t16-/m1/s1. The molecule has 1 amide bonds. The maximum absolute atomic E-state index is 12.9. The smallest absolute Gasteiger partial charge is 0.341 e. The summed E-state index contributed by atoms with van der Waals surface area (Å²) >= 11 is 0. The number of hydrogen-bond acceptors (Lipinski definition) is 5. The molecule has 0 unspecified atom stereocenters. The van der Waals surface area contributed by atoms with E-state index in [0.717, 1.165) is 18.5 Å². The van der Waals surface area contributed by atoms with Gasteiger partial charge in [-0.3, -0.25) is 4.79 Å². The van der Waals surface area contributed by atoms with Gasteiger partial charge in [-0.1, -0.05) is 12.1 Å². The quantitative estimate of drug-likeness (QED) is 0.878. The number of benzene rings is 1. The number of aryl methyl sites for hydroxylation is 1. The Hall–Kier alpha value is -2.76. The first-order chi connectivity index (χ1) is 11.6. The van der Waals surface area contributed by atoms with Crippen LogP contribution in [0.1, 0.15) is 51.2 Å². The second-order valence-electron chi connectivity index (χ2n) is 6.15. The average Bonchev–Trinajstić information content (AvgIpc) is 3.35. The van der Waals surface area contributed by atoms with Crippen LogP contribution in [0.2, 0.25) is 0 Å². The number of hydrogen-bond donors (Lipinski definition) is 1. The molecule has 1 aliphatic heterocycles. The Morgan fingerprint density at radius 3 is 2.79 bits per heavy atom. The molecule has 1 N–H and O–H groups in total. The zero-order chi connectivity index (χ0) is 16.8. The van der Waals surface area contributed by atoms with Gasteiger partial charge < -0.3 is 19.4 Å². The van der Waals surface area contributed by atoms with E-state index in [1.165, 1.54) is 7.11 Å². The van der Waals surface area contributed by atoms with Gasteiger partial charge in [0.25, 0.3) is 5.91 Å². The maximum atomic E-state index is 12.9. The van der Waals surface area contributed by atoms with E-state index in [1.807, 2.05) is 29.2 Å². The second-order valence-corrected chi connectivity index (χ2v) is 6.15. The fraction of sp³-hybridized carbons (Fsp3) is 0.333. The fourth-order valence-electron chi connectivity index (χ4n) is 3.16. The first-order valence-electron chi connectivity index (χ1n) is 7.97. The van der Waals surface area contributed by atoms with Crippen LogP contribution < -0.4 is 5.32 Å². The van der Waals surface area contributed by atoms with Gasteiger partial charge in [0.1, 0.15) is 17.1 Å². The Kier molecular flexibility index (Phi) is 3.33. The van der Waals surface area contributed by atoms with E-state index in [2.05, 4.69) is 5.32 Å². The molecule has 6 nitrogen and oxygen atoms in total. The number of anilines is 1. The van der Waals surface area contributed by atoms with Crippen LogP contribution in [0.3, 0.4) is 0 Å². The molecular formula is C18H18N2O4. The highest BCUT2D eigenvalue weighted by atomic mass is 16.5. The number of carbonyl (C=O) groups excluding carboxylic acids is 2. The molecule has 0 spiro atoms. The number of nitrogens with one attached hydrogen (secondary N) is 1. The molecule has 6 heteroatoms. The predicted molar refractivity (Wildman–Crippen MR) is 86.8 cm³/mol. The van der Waals surface area contributed by atoms with Crippen molar-refractivity contribution in [1.29, 1.82) is 0 Å². The van der Waals surface area contributed by atoms with Gasteiger partial charge in [-0.05, 0) is 38.0 Å². The van der Waals surface area contributed by atoms with Gasteiger partial charge in [0, 0.05) is 11.7 Å². The maximum Gasteiger partial charge on any atom is 0.341 e. The van der Waals surface area contributed by atoms with Crippen LogP contribution in [0.5, 0.6) is 0 Å². The summed E-state index contributed by atoms with van der Waals surface area (Å²) in [5.41, 5.74) is 1.83. The summed E-state index contributed by atoms with van der Waals surface area (Å²) in [7, 11) is 1.34. The van der Waals surface area contributed by atoms with E-state index in [9.17, 15) is 9.59 Å². The minimum absolute atomic E-state index is 0.00878. The highest BCUT2D eigenvalue weighted by Gasteiger charge is 2.43. The van der Waals surface area contributed by atoms with Gasteiger partial charge in [0.05, 0.1) is 12.7 Å². The number of fused-ring (bicyclic) bond motifs is 1. The van der Waals surface area contributed by atoms with Gasteiger partial charge in [0.2, 0.25) is 0 Å². The Balaban J connectivity index is 1.76. The summed E-state index contributed by atoms with van der Waals surface area (Å²) < 4.78 is 10.6. The van der Waals surface area contributed by atoms with E-state index in [4.69, 9.17) is 9.15 Å². The summed E-state index contributed by atoms with van der Waals surface area (Å²) in [5.74, 6) is 0.580. The Morgan fingerprint density at radius 1 is 1.33 bits per heavy atom. The second kappa shape index (κ2) is 5.40. The van der Waals surface area contributed by atoms with E-state index in [-0.39, 0.29) is 11.9 Å². The van der Waals surface area contributed by atoms with Crippen molar-refractivity contribution in [1.82, 2.24) is 4.90 Å². The summed E-state index contributed by atoms with van der Waals surface area (Å²) in [5, 5.41) is 3.37. The normalized spacial score (nSPS) is 19.7. The van der Waals surface area contributed by atoms with Crippen molar-refractivity contribution in [2.75, 3.05) is 12.4 Å². The van der Waals surface area contributed by atoms with Crippen molar-refractivity contribution in [2.45, 2.75) is 32.0 Å². The summed E-state index contributed by atoms with van der Waals surface area (Å²) in [6.45, 7) is 1.72. The summed E-state index contributed by atoms with van der Waals surface area (Å²) in [4.78, 5) is 26.6. The molecule has 1 fully saturated rings. The van der Waals surface area contributed by atoms with Gasteiger partial charge in [0.15, 0.2) is 6.17 Å². The molecule has 4 rings (SSSR count). The molecule has 1 aromatic carbocycles. The molecule has 2 heterocycles. The molecule has 0 saturated heterocycles. The van der Waals surface area contributed by atoms with Gasteiger partial charge >= 0.3 is 5.97 Å². The topological polar surface area (TPSA) is 71.8 Å². The summed E-state index contributed by atoms with van der Waals surface area (Å²) in [6, 6.07) is 9.31. The Labute approximate surface area is 139 Å². The van der Waals surface area contributed by atoms with E-state index in [1.54, 1.807) is 13.0 Å². The molecule has 1 aromatic heterocycles. The monoisotopic (exact) mass is 326 g/mol. The van der Waals surface area contributed by atoms with Crippen molar-refractivity contribution in [3.63, 3.8) is 0 Å². The first-order valence-corrected chi connectivity index (χ1v) is 7.97. The molecule has 2 aromatic rings. The molecule has 1 aliphatic carbocycles. The minimum Gasteiger partial charge on any atom is -0.465 e. The third-order valence-corrected chi connectivity index (χ3v) is 4.51. The van der Waals surface area contributed by atoms with Crippen LogP contribution in [0.4, 0.5) is 5.69 Å². The number of esters is 1. The lowest BCUT2D eigenvalue weighted by molar-refractivity contribution is 0.0597. The predicted octanol–water partition coefficient (Wildman–Crippen LogP) is 3.10. The number of furan rings is 1. The van der Waals surface area contributed by atoms with E-state index < -0.39 is 12.1 Å². The van der Waals surface area contributed by atoms with E-state index >= 15 is 0 Å². The lowest BCUT2D eigenvalue weighted by Crippen LogP contribution is -2.44. The Morgan fingerprint density at radius 2 is 2.08 bits per heavy atom. The van der Waals surface area contributed by atoms with Crippen molar-refractivity contribution in [3.8, 4) is 0 Å². The lowest BCUT2D eigenvalue weighted by atomic mass is 10.1. The molecule has 1 saturated carbocycles. The van der Waals surface area contributed by atoms with Crippen molar-refractivity contribution in [3.05, 3.63) is 53.0 Å². The molecule has 1 atom stereocenters. The third-order valence-electron chi connectivity index (χ3n) is 4.51. The van der Waals surface area contributed by atoms with Crippen LogP contribution in [-0.4, -0.2) is 29.9 Å². The van der Waals surface area contributed by atoms with Crippen LogP contribution >= 0.6 is 0 Å². The third kappa shape index (κ3) is 2.26. The van der Waals surface area contributed by atoms with Gasteiger partial charge in [-0.15, -0.1) is 0 Å². The van der Waals surface area contributed by atoms with Crippen LogP contribution in [-0.2, 0) is 4.74 Å². The van der Waals surface area contributed by atoms with Gasteiger partial charge in [-0.25, -0.2) is 4.79 Å². The molecule has 124 valence electrons. The molecule has 0 radical (unpaired) electrons. The fourth-order valence-corrected chi connectivity index (χ4v) is 3.16. The minimum atomic E-state index is -0.442. The molecule has 0 bridgehead atoms. The zero-order valence-electron chi connectivity index (χ0n) is 13.5. The molecule has 24 heavy (non-hydrogen) atoms. The molecule has 2 aliphatic rings. The summed E-state index contributed by atoms with van der Waals surface area (Å²) in [6.07, 6.45) is 1.54. The number of nitrogens with zero attached hydrogens (tertiary/aromatic N) is 1. The highest BCUT2D eigenvalue weighted by molar-refractivity contribution is 6.02. The van der Waals surface area contributed by atoms with E-state index in [0.29, 0.717) is 22.6 Å². The van der Waals surface area contributed by atoms with Crippen LogP contribution in [0, 0.1) is 6.92 Å². The first kappa shape index (κ1) is 14.8. The van der Waals surface area contributed by atoms with Gasteiger partial charge in [-0.2, -0.15) is 0 Å². The number of methoxy groups -OCH3 is 1. The van der Waals surface area contributed by atoms with Crippen LogP contribution in [0.15, 0.2) is 34.7 Å². The number of rotatable bonds is 3. The number of amides is 1. The number of ether oxygens (including phenoxy) is 1. The molecular weight excluding hydrogens is 308 g/mol. The number of carbonyl (C=O) groups is 2. The SMILES string of the molecule is COC(=O)c1cc([C@@H]2Nc3ccccc3C(=O)N2C2CC2)oc1C. The zero-order valence-corrected chi connectivity index (χ0v) is 13.5. The van der Waals surface area contributed by atoms with Crippen LogP contribution in [0.25, 0.3) is 0 Å². The highest BCUT2D eigenvalue weighted by Crippen LogP contribution is 2.41. The van der Waals surface area contributed by atoms with Crippen molar-refractivity contribution < 1.29 is 18.7 Å². The Bertz CT molecular complexity index is 822.